The molecule has 6 nitrogen and oxygen atoms in total. The monoisotopic (exact) mass is 1270 g/mol. The van der Waals surface area contributed by atoms with Crippen molar-refractivity contribution < 1.29 is 24.5 Å². The van der Waals surface area contributed by atoms with Crippen LogP contribution in [0.15, 0.2) is 24.3 Å². The van der Waals surface area contributed by atoms with E-state index in [-0.39, 0.29) is 18.5 Å². The summed E-state index contributed by atoms with van der Waals surface area (Å²) in [6, 6.07) is -0.624. The fourth-order valence-corrected chi connectivity index (χ4v) is 13.4. The highest BCUT2D eigenvalue weighted by Gasteiger charge is 2.18. The molecule has 0 saturated carbocycles. The topological polar surface area (TPSA) is 95.9 Å². The number of aliphatic hydroxyl groups excluding tert-OH is 2. The molecule has 0 aromatic rings. The maximum atomic E-state index is 12.5. The van der Waals surface area contributed by atoms with Crippen LogP contribution >= 0.6 is 0 Å². The van der Waals surface area contributed by atoms with Gasteiger partial charge < -0.3 is 20.3 Å². The van der Waals surface area contributed by atoms with Crippen LogP contribution in [-0.2, 0) is 14.3 Å². The smallest absolute Gasteiger partial charge is 0.305 e. The standard InChI is InChI=1S/C84H163NO5/c1-3-5-7-9-11-13-15-17-18-19-20-40-43-46-49-53-56-60-64-68-72-76-82(87)81(80-86)85-83(88)77-73-69-65-61-57-54-50-47-44-41-38-36-34-32-30-28-26-24-22-21-23-25-27-29-31-33-35-37-39-42-45-48-51-55-59-63-67-71-75-79-90-84(89)78-74-70-66-62-58-52-16-14-12-10-8-6-4-2/h14,16,72,76,81-82,86-87H,3-13,15,17-71,73-75,77-80H2,1-2H3,(H,85,88)/b16-14-,76-72+. The molecule has 2 unspecified atom stereocenters. The average Bonchev–Trinajstić information content (AvgIpc) is 3.70. The van der Waals surface area contributed by atoms with Crippen molar-refractivity contribution in [2.24, 2.45) is 0 Å². The molecule has 0 aliphatic carbocycles. The highest BCUT2D eigenvalue weighted by Crippen LogP contribution is 2.21. The summed E-state index contributed by atoms with van der Waals surface area (Å²) in [6.45, 7) is 4.94. The van der Waals surface area contributed by atoms with Crippen LogP contribution in [-0.4, -0.2) is 47.4 Å². The fraction of sp³-hybridized carbons (Fsp3) is 0.929. The molecule has 1 amide bonds. The molecule has 534 valence electrons. The number of hydrogen-bond acceptors (Lipinski definition) is 5. The van der Waals surface area contributed by atoms with Crippen LogP contribution in [0, 0.1) is 0 Å². The van der Waals surface area contributed by atoms with Crippen molar-refractivity contribution in [2.75, 3.05) is 13.2 Å². The van der Waals surface area contributed by atoms with E-state index >= 15 is 0 Å². The molecule has 0 spiro atoms. The number of unbranched alkanes of at least 4 members (excludes halogenated alkanes) is 66. The lowest BCUT2D eigenvalue weighted by molar-refractivity contribution is -0.143. The molecular weight excluding hydrogens is 1100 g/mol. The molecule has 2 atom stereocenters. The van der Waals surface area contributed by atoms with E-state index in [1.165, 1.54) is 405 Å². The zero-order valence-corrected chi connectivity index (χ0v) is 61.4. The van der Waals surface area contributed by atoms with Gasteiger partial charge in [-0.25, -0.2) is 0 Å². The lowest BCUT2D eigenvalue weighted by atomic mass is 10.0. The first kappa shape index (κ1) is 88.3. The van der Waals surface area contributed by atoms with Gasteiger partial charge in [0.2, 0.25) is 5.91 Å². The van der Waals surface area contributed by atoms with Gasteiger partial charge in [-0.1, -0.05) is 430 Å². The number of ether oxygens (including phenoxy) is 1. The highest BCUT2D eigenvalue weighted by molar-refractivity contribution is 5.76. The second kappa shape index (κ2) is 79.8. The number of hydrogen-bond donors (Lipinski definition) is 3. The molecule has 0 aromatic heterocycles. The van der Waals surface area contributed by atoms with Gasteiger partial charge in [0.1, 0.15) is 0 Å². The van der Waals surface area contributed by atoms with E-state index < -0.39 is 12.1 Å². The van der Waals surface area contributed by atoms with Crippen LogP contribution in [0.3, 0.4) is 0 Å². The van der Waals surface area contributed by atoms with E-state index in [9.17, 15) is 19.8 Å². The van der Waals surface area contributed by atoms with Crippen LogP contribution in [0.1, 0.15) is 476 Å². The molecule has 0 aromatic carbocycles. The van der Waals surface area contributed by atoms with E-state index in [0.29, 0.717) is 19.4 Å². The van der Waals surface area contributed by atoms with E-state index in [1.807, 2.05) is 6.08 Å². The number of nitrogens with one attached hydrogen (secondary N) is 1. The minimum atomic E-state index is -0.841. The molecule has 3 N–H and O–H groups in total. The average molecular weight is 1270 g/mol. The number of aliphatic hydroxyl groups is 2. The normalized spacial score (nSPS) is 12.5. The Morgan fingerprint density at radius 1 is 0.300 bits per heavy atom. The van der Waals surface area contributed by atoms with Gasteiger partial charge in [-0.3, -0.25) is 9.59 Å². The van der Waals surface area contributed by atoms with Crippen molar-refractivity contribution >= 4 is 11.9 Å². The van der Waals surface area contributed by atoms with Crippen molar-refractivity contribution in [1.82, 2.24) is 5.32 Å². The number of carbonyl (C=O) groups excluding carboxylic acids is 2. The third-order valence-corrected chi connectivity index (χ3v) is 19.7. The Hall–Kier alpha value is -1.66. The van der Waals surface area contributed by atoms with Crippen LogP contribution in [0.2, 0.25) is 0 Å². The van der Waals surface area contributed by atoms with Crippen molar-refractivity contribution in [3.8, 4) is 0 Å². The van der Waals surface area contributed by atoms with Gasteiger partial charge in [0, 0.05) is 12.8 Å². The summed E-state index contributed by atoms with van der Waals surface area (Å²) in [7, 11) is 0. The van der Waals surface area contributed by atoms with Crippen LogP contribution in [0.4, 0.5) is 0 Å². The lowest BCUT2D eigenvalue weighted by Gasteiger charge is -2.20. The highest BCUT2D eigenvalue weighted by atomic mass is 16.5. The Bertz CT molecular complexity index is 1410. The number of amides is 1. The first-order chi connectivity index (χ1) is 44.5. The molecule has 0 aliphatic rings. The fourth-order valence-electron chi connectivity index (χ4n) is 13.4. The summed E-state index contributed by atoms with van der Waals surface area (Å²) in [5, 5.41) is 23.3. The van der Waals surface area contributed by atoms with Gasteiger partial charge in [-0.15, -0.1) is 0 Å². The largest absolute Gasteiger partial charge is 0.466 e. The molecule has 0 radical (unpaired) electrons. The van der Waals surface area contributed by atoms with Gasteiger partial charge in [0.15, 0.2) is 0 Å². The van der Waals surface area contributed by atoms with E-state index in [4.69, 9.17) is 4.74 Å². The SMILES string of the molecule is CCCCCC/C=C\CCCCCCCC(=O)OCCCCCCCCCCCCCCCCCCCCCCCCCCCCCCCCCCCCCCCCCC(=O)NC(CO)C(O)/C=C/CCCCCCCCCCCCCCCCCCCCC. The Balaban J connectivity index is 3.32. The van der Waals surface area contributed by atoms with Crippen molar-refractivity contribution in [3.63, 3.8) is 0 Å². The van der Waals surface area contributed by atoms with Crippen molar-refractivity contribution in [2.45, 2.75) is 488 Å². The predicted molar refractivity (Wildman–Crippen MR) is 398 cm³/mol. The summed E-state index contributed by atoms with van der Waals surface area (Å²) in [5.41, 5.74) is 0. The maximum Gasteiger partial charge on any atom is 0.305 e. The number of rotatable bonds is 79. The van der Waals surface area contributed by atoms with E-state index in [0.717, 1.165) is 44.9 Å². The minimum absolute atomic E-state index is 0.0155. The summed E-state index contributed by atoms with van der Waals surface area (Å²) < 4.78 is 5.49. The van der Waals surface area contributed by atoms with Gasteiger partial charge in [0.25, 0.3) is 0 Å². The Morgan fingerprint density at radius 3 is 0.800 bits per heavy atom. The van der Waals surface area contributed by atoms with Gasteiger partial charge in [-0.2, -0.15) is 0 Å². The van der Waals surface area contributed by atoms with Crippen LogP contribution in [0.25, 0.3) is 0 Å². The first-order valence-electron chi connectivity index (χ1n) is 41.6. The van der Waals surface area contributed by atoms with E-state index in [1.54, 1.807) is 6.08 Å². The first-order valence-corrected chi connectivity index (χ1v) is 41.6. The molecule has 6 heteroatoms. The quantitative estimate of drug-likeness (QED) is 0.0320. The van der Waals surface area contributed by atoms with Gasteiger partial charge in [0.05, 0.1) is 25.4 Å². The zero-order valence-electron chi connectivity index (χ0n) is 61.4. The van der Waals surface area contributed by atoms with Crippen molar-refractivity contribution in [1.29, 1.82) is 0 Å². The molecule has 0 aliphatic heterocycles. The van der Waals surface area contributed by atoms with Crippen LogP contribution < -0.4 is 5.32 Å². The van der Waals surface area contributed by atoms with E-state index in [2.05, 4.69) is 31.3 Å². The number of carbonyl (C=O) groups is 2. The molecule has 0 rings (SSSR count). The Morgan fingerprint density at radius 2 is 0.522 bits per heavy atom. The number of allylic oxidation sites excluding steroid dienone is 3. The zero-order chi connectivity index (χ0) is 64.9. The van der Waals surface area contributed by atoms with Gasteiger partial charge in [-0.05, 0) is 57.8 Å². The molecular formula is C84H163NO5. The molecule has 0 bridgehead atoms. The number of esters is 1. The predicted octanol–water partition coefficient (Wildman–Crippen LogP) is 27.6. The molecule has 0 fully saturated rings. The summed E-state index contributed by atoms with van der Waals surface area (Å²) in [5.74, 6) is -0.0413. The molecule has 0 heterocycles. The second-order valence-electron chi connectivity index (χ2n) is 28.8. The summed E-state index contributed by atoms with van der Waals surface area (Å²) in [4.78, 5) is 24.6. The lowest BCUT2D eigenvalue weighted by Crippen LogP contribution is -2.45. The van der Waals surface area contributed by atoms with Crippen molar-refractivity contribution in [3.05, 3.63) is 24.3 Å². The Labute approximate surface area is 564 Å². The molecule has 90 heavy (non-hydrogen) atoms. The minimum Gasteiger partial charge on any atom is -0.466 e. The Kier molecular flexibility index (Phi) is 78.3. The molecule has 0 saturated heterocycles. The van der Waals surface area contributed by atoms with Gasteiger partial charge >= 0.3 is 5.97 Å². The van der Waals surface area contributed by atoms with Crippen LogP contribution in [0.5, 0.6) is 0 Å². The third kappa shape index (κ3) is 75.4. The summed E-state index contributed by atoms with van der Waals surface area (Å²) >= 11 is 0. The second-order valence-corrected chi connectivity index (χ2v) is 28.8. The summed E-state index contributed by atoms with van der Waals surface area (Å²) in [6.07, 6.45) is 103. The third-order valence-electron chi connectivity index (χ3n) is 19.7. The maximum absolute atomic E-state index is 12.5.